The normalized spacial score (nSPS) is 13.5. The first-order valence-electron chi connectivity index (χ1n) is 16.8. The monoisotopic (exact) mass is 701 g/mol. The van der Waals surface area contributed by atoms with Crippen molar-refractivity contribution in [1.82, 2.24) is 10.2 Å². The van der Waals surface area contributed by atoms with E-state index in [2.05, 4.69) is 5.32 Å². The number of hydrogen-bond acceptors (Lipinski definition) is 7. The molecule has 0 spiro atoms. The van der Waals surface area contributed by atoms with Crippen molar-refractivity contribution in [3.63, 3.8) is 0 Å². The second-order valence-corrected chi connectivity index (χ2v) is 14.7. The van der Waals surface area contributed by atoms with E-state index in [1.807, 2.05) is 39.0 Å². The molecule has 0 saturated heterocycles. The standard InChI is InChI=1S/C37H49F2N3O6S/c1-4-11-32(12-5-2)49(46,47)25-34(41-36(44)24-48-31-15-8-7-9-16-31)37(45)42(22-27-14-10-13-26(6-3)17-27)23-35(43)33(40)20-28-18-29(38)21-30(39)19-28/h7-10,13-19,21,32-35,43H,4-6,11-12,20,22-25,40H2,1-3H3,(H,41,44)/t33-,34?,35+/m0/s1. The molecule has 3 atom stereocenters. The van der Waals surface area contributed by atoms with E-state index >= 15 is 0 Å². The lowest BCUT2D eigenvalue weighted by Gasteiger charge is -2.32. The van der Waals surface area contributed by atoms with Crippen LogP contribution in [0, 0.1) is 11.6 Å². The molecule has 3 aromatic rings. The molecule has 268 valence electrons. The van der Waals surface area contributed by atoms with Crippen molar-refractivity contribution in [2.75, 3.05) is 18.9 Å². The molecule has 0 bridgehead atoms. The van der Waals surface area contributed by atoms with E-state index in [9.17, 15) is 31.9 Å². The number of halogens is 2. The molecular weight excluding hydrogens is 652 g/mol. The molecule has 1 unspecified atom stereocenters. The van der Waals surface area contributed by atoms with Crippen LogP contribution in [-0.2, 0) is 38.8 Å². The number of rotatable bonds is 20. The summed E-state index contributed by atoms with van der Waals surface area (Å²) < 4.78 is 60.8. The van der Waals surface area contributed by atoms with Crippen LogP contribution in [0.15, 0.2) is 72.8 Å². The zero-order valence-electron chi connectivity index (χ0n) is 28.5. The van der Waals surface area contributed by atoms with Gasteiger partial charge in [0.2, 0.25) is 5.91 Å². The quantitative estimate of drug-likeness (QED) is 0.155. The highest BCUT2D eigenvalue weighted by atomic mass is 32.2. The number of carbonyl (C=O) groups is 2. The number of nitrogens with one attached hydrogen (secondary N) is 1. The molecule has 12 heteroatoms. The van der Waals surface area contributed by atoms with Gasteiger partial charge in [-0.05, 0) is 66.6 Å². The van der Waals surface area contributed by atoms with Gasteiger partial charge in [0.25, 0.3) is 5.91 Å². The molecule has 0 saturated carbocycles. The number of sulfone groups is 1. The summed E-state index contributed by atoms with van der Waals surface area (Å²) in [5, 5.41) is 13.1. The summed E-state index contributed by atoms with van der Waals surface area (Å²) in [7, 11) is -3.88. The van der Waals surface area contributed by atoms with Gasteiger partial charge in [-0.3, -0.25) is 9.59 Å². The summed E-state index contributed by atoms with van der Waals surface area (Å²) in [4.78, 5) is 28.8. The first-order chi connectivity index (χ1) is 23.3. The van der Waals surface area contributed by atoms with Crippen molar-refractivity contribution in [2.45, 2.75) is 89.3 Å². The third kappa shape index (κ3) is 12.8. The maximum absolute atomic E-state index is 14.4. The van der Waals surface area contributed by atoms with Crippen LogP contribution in [0.2, 0.25) is 0 Å². The molecule has 0 heterocycles. The molecule has 0 aliphatic rings. The number of carbonyl (C=O) groups excluding carboxylic acids is 2. The molecule has 0 aliphatic heterocycles. The number of aliphatic hydroxyl groups excluding tert-OH is 1. The third-order valence-electron chi connectivity index (χ3n) is 8.25. The molecular formula is C37H49F2N3O6S. The highest BCUT2D eigenvalue weighted by Gasteiger charge is 2.35. The van der Waals surface area contributed by atoms with Crippen molar-refractivity contribution in [3.8, 4) is 5.75 Å². The predicted molar refractivity (Wildman–Crippen MR) is 187 cm³/mol. The lowest BCUT2D eigenvalue weighted by Crippen LogP contribution is -2.55. The number of hydrogen-bond donors (Lipinski definition) is 3. The van der Waals surface area contributed by atoms with Gasteiger partial charge in [0.1, 0.15) is 23.4 Å². The van der Waals surface area contributed by atoms with Gasteiger partial charge in [-0.25, -0.2) is 17.2 Å². The Morgan fingerprint density at radius 1 is 0.898 bits per heavy atom. The second kappa shape index (κ2) is 19.4. The average molecular weight is 702 g/mol. The van der Waals surface area contributed by atoms with Gasteiger partial charge < -0.3 is 25.8 Å². The van der Waals surface area contributed by atoms with Gasteiger partial charge in [0.15, 0.2) is 16.4 Å². The van der Waals surface area contributed by atoms with Gasteiger partial charge in [-0.2, -0.15) is 0 Å². The minimum absolute atomic E-state index is 0.0225. The number of ether oxygens (including phenoxy) is 1. The van der Waals surface area contributed by atoms with Gasteiger partial charge in [-0.15, -0.1) is 0 Å². The number of aryl methyl sites for hydroxylation is 1. The van der Waals surface area contributed by atoms with Gasteiger partial charge >= 0.3 is 0 Å². The van der Waals surface area contributed by atoms with Crippen molar-refractivity contribution in [3.05, 3.63) is 101 Å². The topological polar surface area (TPSA) is 139 Å². The molecule has 0 fully saturated rings. The Labute approximate surface area is 288 Å². The SMILES string of the molecule is CCCC(CCC)S(=O)(=O)CC(NC(=O)COc1ccccc1)C(=O)N(Cc1cccc(CC)c1)C[C@@H](O)[C@@H](N)Cc1cc(F)cc(F)c1. The number of nitrogens with zero attached hydrogens (tertiary/aromatic N) is 1. The molecule has 0 aromatic heterocycles. The molecule has 3 aromatic carbocycles. The number of para-hydroxylation sites is 1. The largest absolute Gasteiger partial charge is 0.484 e. The Kier molecular flexibility index (Phi) is 15.6. The maximum atomic E-state index is 14.4. The Balaban J connectivity index is 1.94. The van der Waals surface area contributed by atoms with Crippen LogP contribution in [0.5, 0.6) is 5.75 Å². The second-order valence-electron chi connectivity index (χ2n) is 12.4. The van der Waals surface area contributed by atoms with Crippen molar-refractivity contribution in [2.24, 2.45) is 5.73 Å². The van der Waals surface area contributed by atoms with E-state index < -0.39 is 69.1 Å². The molecule has 0 aliphatic carbocycles. The molecule has 3 rings (SSSR count). The zero-order chi connectivity index (χ0) is 36.0. The van der Waals surface area contributed by atoms with Crippen molar-refractivity contribution < 1.29 is 36.6 Å². The average Bonchev–Trinajstić information content (AvgIpc) is 3.06. The molecule has 49 heavy (non-hydrogen) atoms. The number of nitrogens with two attached hydrogens (primary N) is 1. The summed E-state index contributed by atoms with van der Waals surface area (Å²) in [6.07, 6.45) is 1.33. The molecule has 0 radical (unpaired) electrons. The summed E-state index contributed by atoms with van der Waals surface area (Å²) >= 11 is 0. The summed E-state index contributed by atoms with van der Waals surface area (Å²) in [6, 6.07) is 16.5. The number of aliphatic hydroxyl groups is 1. The van der Waals surface area contributed by atoms with Crippen molar-refractivity contribution >= 4 is 21.7 Å². The van der Waals surface area contributed by atoms with Crippen LogP contribution in [-0.4, -0.2) is 72.6 Å². The van der Waals surface area contributed by atoms with E-state index in [1.54, 1.807) is 36.4 Å². The van der Waals surface area contributed by atoms with Gasteiger partial charge in [0.05, 0.1) is 17.1 Å². The number of benzene rings is 3. The maximum Gasteiger partial charge on any atom is 0.258 e. The van der Waals surface area contributed by atoms with E-state index in [0.717, 1.165) is 35.7 Å². The van der Waals surface area contributed by atoms with Crippen LogP contribution in [0.3, 0.4) is 0 Å². The fraction of sp³-hybridized carbons (Fsp3) is 0.459. The molecule has 4 N–H and O–H groups in total. The van der Waals surface area contributed by atoms with E-state index in [4.69, 9.17) is 10.5 Å². The van der Waals surface area contributed by atoms with Gasteiger partial charge in [-0.1, -0.05) is 76.1 Å². The minimum atomic E-state index is -3.88. The first kappa shape index (κ1) is 39.6. The van der Waals surface area contributed by atoms with Crippen LogP contribution in [0.1, 0.15) is 63.1 Å². The fourth-order valence-corrected chi connectivity index (χ4v) is 7.86. The summed E-state index contributed by atoms with van der Waals surface area (Å²) in [6.45, 7) is 4.94. The van der Waals surface area contributed by atoms with Crippen LogP contribution >= 0.6 is 0 Å². The summed E-state index contributed by atoms with van der Waals surface area (Å²) in [5.41, 5.74) is 8.23. The van der Waals surface area contributed by atoms with E-state index in [0.29, 0.717) is 31.4 Å². The Bertz CT molecular complexity index is 1580. The highest BCUT2D eigenvalue weighted by molar-refractivity contribution is 7.92. The Morgan fingerprint density at radius 3 is 2.14 bits per heavy atom. The predicted octanol–water partition coefficient (Wildman–Crippen LogP) is 4.73. The zero-order valence-corrected chi connectivity index (χ0v) is 29.3. The Morgan fingerprint density at radius 2 is 1.53 bits per heavy atom. The van der Waals surface area contributed by atoms with Crippen LogP contribution < -0.4 is 15.8 Å². The number of amides is 2. The lowest BCUT2D eigenvalue weighted by molar-refractivity contribution is -0.138. The third-order valence-corrected chi connectivity index (χ3v) is 10.5. The van der Waals surface area contributed by atoms with Crippen LogP contribution in [0.4, 0.5) is 8.78 Å². The van der Waals surface area contributed by atoms with E-state index in [1.165, 1.54) is 4.90 Å². The molecule has 9 nitrogen and oxygen atoms in total. The van der Waals surface area contributed by atoms with Crippen LogP contribution in [0.25, 0.3) is 0 Å². The summed E-state index contributed by atoms with van der Waals surface area (Å²) in [5.74, 6) is -3.22. The lowest BCUT2D eigenvalue weighted by atomic mass is 10.0. The Hall–Kier alpha value is -3.87. The molecule has 2 amide bonds. The van der Waals surface area contributed by atoms with Crippen molar-refractivity contribution in [1.29, 1.82) is 0 Å². The first-order valence-corrected chi connectivity index (χ1v) is 18.5. The highest BCUT2D eigenvalue weighted by Crippen LogP contribution is 2.19. The smallest absolute Gasteiger partial charge is 0.258 e. The fourth-order valence-electron chi connectivity index (χ4n) is 5.71. The van der Waals surface area contributed by atoms with E-state index in [-0.39, 0.29) is 25.1 Å². The minimum Gasteiger partial charge on any atom is -0.484 e. The van der Waals surface area contributed by atoms with Gasteiger partial charge in [0, 0.05) is 25.2 Å².